The molecule has 1 aliphatic carbocycles. The molecule has 1 aliphatic rings. The summed E-state index contributed by atoms with van der Waals surface area (Å²) in [4.78, 5) is 4.39. The summed E-state index contributed by atoms with van der Waals surface area (Å²) in [5, 5.41) is 4.29. The zero-order valence-electron chi connectivity index (χ0n) is 13.3. The van der Waals surface area contributed by atoms with Crippen molar-refractivity contribution in [1.29, 1.82) is 0 Å². The molecule has 2 rings (SSSR count). The highest BCUT2D eigenvalue weighted by Gasteiger charge is 2.31. The molecule has 0 amide bonds. The molecule has 0 aromatic carbocycles. The lowest BCUT2D eigenvalue weighted by Crippen LogP contribution is -2.50. The predicted octanol–water partition coefficient (Wildman–Crippen LogP) is 1.66. The van der Waals surface area contributed by atoms with E-state index in [4.69, 9.17) is 10.6 Å². The zero-order valence-corrected chi connectivity index (χ0v) is 13.3. The number of hydrazine groups is 1. The van der Waals surface area contributed by atoms with Gasteiger partial charge in [-0.1, -0.05) is 26.2 Å². The van der Waals surface area contributed by atoms with Crippen LogP contribution in [0.5, 0.6) is 0 Å². The van der Waals surface area contributed by atoms with Crippen LogP contribution in [0.3, 0.4) is 0 Å². The van der Waals surface area contributed by atoms with Gasteiger partial charge in [0.1, 0.15) is 12.2 Å². The summed E-state index contributed by atoms with van der Waals surface area (Å²) >= 11 is 0. The van der Waals surface area contributed by atoms with Crippen LogP contribution < -0.4 is 11.3 Å². The van der Waals surface area contributed by atoms with Crippen molar-refractivity contribution in [1.82, 2.24) is 20.2 Å². The number of aryl methyl sites for hydroxylation is 1. The van der Waals surface area contributed by atoms with Gasteiger partial charge in [0.05, 0.1) is 12.1 Å². The van der Waals surface area contributed by atoms with Crippen molar-refractivity contribution < 1.29 is 4.74 Å². The quantitative estimate of drug-likeness (QED) is 0.563. The van der Waals surface area contributed by atoms with Gasteiger partial charge < -0.3 is 4.74 Å². The number of nitrogens with two attached hydrogens (primary N) is 1. The SMILES string of the molecule is CCCn1ncnc1CC(NN)C(OC)C1CCCCC1. The highest BCUT2D eigenvalue weighted by Crippen LogP contribution is 2.29. The first-order valence-corrected chi connectivity index (χ1v) is 8.15. The Morgan fingerprint density at radius 1 is 1.43 bits per heavy atom. The van der Waals surface area contributed by atoms with Gasteiger partial charge in [0.25, 0.3) is 0 Å². The van der Waals surface area contributed by atoms with E-state index >= 15 is 0 Å². The molecule has 0 saturated heterocycles. The van der Waals surface area contributed by atoms with Crippen molar-refractivity contribution in [3.63, 3.8) is 0 Å². The molecule has 1 aromatic rings. The monoisotopic (exact) mass is 295 g/mol. The lowest BCUT2D eigenvalue weighted by molar-refractivity contribution is 0.00756. The Balaban J connectivity index is 2.04. The number of aromatic nitrogens is 3. The second-order valence-corrected chi connectivity index (χ2v) is 5.98. The highest BCUT2D eigenvalue weighted by atomic mass is 16.5. The average Bonchev–Trinajstić information content (AvgIpc) is 2.95. The van der Waals surface area contributed by atoms with E-state index in [2.05, 4.69) is 22.4 Å². The molecule has 1 aromatic heterocycles. The van der Waals surface area contributed by atoms with Crippen LogP contribution in [0.15, 0.2) is 6.33 Å². The van der Waals surface area contributed by atoms with E-state index in [1.54, 1.807) is 13.4 Å². The minimum atomic E-state index is 0.0814. The third-order valence-electron chi connectivity index (χ3n) is 4.53. The Bertz CT molecular complexity index is 403. The minimum Gasteiger partial charge on any atom is -0.379 e. The Morgan fingerprint density at radius 2 is 2.19 bits per heavy atom. The van der Waals surface area contributed by atoms with E-state index in [0.29, 0.717) is 5.92 Å². The van der Waals surface area contributed by atoms with Crippen LogP contribution in [0.4, 0.5) is 0 Å². The Hall–Kier alpha value is -0.980. The molecule has 0 spiro atoms. The van der Waals surface area contributed by atoms with Crippen LogP contribution in [-0.2, 0) is 17.7 Å². The lowest BCUT2D eigenvalue weighted by Gasteiger charge is -2.34. The molecule has 0 radical (unpaired) electrons. The van der Waals surface area contributed by atoms with E-state index < -0.39 is 0 Å². The van der Waals surface area contributed by atoms with E-state index in [0.717, 1.165) is 25.2 Å². The van der Waals surface area contributed by atoms with Crippen LogP contribution >= 0.6 is 0 Å². The third-order valence-corrected chi connectivity index (χ3v) is 4.53. The molecule has 2 atom stereocenters. The van der Waals surface area contributed by atoms with Crippen molar-refractivity contribution in [2.45, 2.75) is 70.6 Å². The van der Waals surface area contributed by atoms with Gasteiger partial charge in [-0.3, -0.25) is 16.0 Å². The van der Waals surface area contributed by atoms with Crippen molar-refractivity contribution in [2.24, 2.45) is 11.8 Å². The summed E-state index contributed by atoms with van der Waals surface area (Å²) in [7, 11) is 1.79. The van der Waals surface area contributed by atoms with Crippen molar-refractivity contribution in [3.05, 3.63) is 12.2 Å². The van der Waals surface area contributed by atoms with E-state index in [-0.39, 0.29) is 12.1 Å². The first-order chi connectivity index (χ1) is 10.3. The van der Waals surface area contributed by atoms with Crippen LogP contribution in [-0.4, -0.2) is 34.0 Å². The van der Waals surface area contributed by atoms with E-state index in [1.807, 2.05) is 4.68 Å². The second-order valence-electron chi connectivity index (χ2n) is 5.98. The zero-order chi connectivity index (χ0) is 15.1. The fraction of sp³-hybridized carbons (Fsp3) is 0.867. The van der Waals surface area contributed by atoms with E-state index in [9.17, 15) is 0 Å². The topological polar surface area (TPSA) is 78.0 Å². The maximum Gasteiger partial charge on any atom is 0.138 e. The predicted molar refractivity (Wildman–Crippen MR) is 82.5 cm³/mol. The fourth-order valence-corrected chi connectivity index (χ4v) is 3.46. The summed E-state index contributed by atoms with van der Waals surface area (Å²) in [5.41, 5.74) is 2.95. The minimum absolute atomic E-state index is 0.0814. The Kier molecular flexibility index (Phi) is 6.60. The molecule has 2 unspecified atom stereocenters. The van der Waals surface area contributed by atoms with Gasteiger partial charge in [-0.25, -0.2) is 4.98 Å². The van der Waals surface area contributed by atoms with Crippen LogP contribution in [0.25, 0.3) is 0 Å². The first-order valence-electron chi connectivity index (χ1n) is 8.15. The molecule has 3 N–H and O–H groups in total. The molecule has 0 aliphatic heterocycles. The maximum atomic E-state index is 5.81. The molecule has 1 heterocycles. The van der Waals surface area contributed by atoms with Crippen molar-refractivity contribution >= 4 is 0 Å². The molecular formula is C15H29N5O. The second kappa shape index (κ2) is 8.46. The number of nitrogens with zero attached hydrogens (tertiary/aromatic N) is 3. The molecule has 1 saturated carbocycles. The smallest absolute Gasteiger partial charge is 0.138 e. The largest absolute Gasteiger partial charge is 0.379 e. The normalized spacial score (nSPS) is 19.6. The number of hydrogen-bond donors (Lipinski definition) is 2. The van der Waals surface area contributed by atoms with Crippen LogP contribution in [0.1, 0.15) is 51.3 Å². The fourth-order valence-electron chi connectivity index (χ4n) is 3.46. The number of methoxy groups -OCH3 is 1. The highest BCUT2D eigenvalue weighted by molar-refractivity contribution is 4.94. The Labute approximate surface area is 127 Å². The molecule has 1 fully saturated rings. The van der Waals surface area contributed by atoms with Crippen molar-refractivity contribution in [3.8, 4) is 0 Å². The summed E-state index contributed by atoms with van der Waals surface area (Å²) in [6.07, 6.45) is 9.98. The van der Waals surface area contributed by atoms with Gasteiger partial charge in [0, 0.05) is 20.1 Å². The van der Waals surface area contributed by atoms with Gasteiger partial charge in [-0.15, -0.1) is 0 Å². The average molecular weight is 295 g/mol. The standard InChI is InChI=1S/C15H29N5O/c1-3-9-20-14(17-11-18-20)10-13(19-16)15(21-2)12-7-5-4-6-8-12/h11-13,15,19H,3-10,16H2,1-2H3. The van der Waals surface area contributed by atoms with E-state index in [1.165, 1.54) is 32.1 Å². The molecular weight excluding hydrogens is 266 g/mol. The number of hydrogen-bond acceptors (Lipinski definition) is 5. The number of rotatable bonds is 8. The Morgan fingerprint density at radius 3 is 2.81 bits per heavy atom. The lowest BCUT2D eigenvalue weighted by atomic mass is 9.82. The van der Waals surface area contributed by atoms with Gasteiger partial charge in [-0.05, 0) is 25.2 Å². The van der Waals surface area contributed by atoms with Gasteiger partial charge >= 0.3 is 0 Å². The summed E-state index contributed by atoms with van der Waals surface area (Å²) in [5.74, 6) is 7.38. The molecule has 6 nitrogen and oxygen atoms in total. The number of nitrogens with one attached hydrogen (secondary N) is 1. The van der Waals surface area contributed by atoms with Crippen LogP contribution in [0, 0.1) is 5.92 Å². The van der Waals surface area contributed by atoms with Gasteiger partial charge in [-0.2, -0.15) is 5.10 Å². The van der Waals surface area contributed by atoms with Crippen LogP contribution in [0.2, 0.25) is 0 Å². The van der Waals surface area contributed by atoms with Crippen molar-refractivity contribution in [2.75, 3.05) is 7.11 Å². The maximum absolute atomic E-state index is 5.81. The molecule has 6 heteroatoms. The summed E-state index contributed by atoms with van der Waals surface area (Å²) < 4.78 is 7.76. The third kappa shape index (κ3) is 4.25. The molecule has 0 bridgehead atoms. The van der Waals surface area contributed by atoms with Gasteiger partial charge in [0.15, 0.2) is 0 Å². The molecule has 21 heavy (non-hydrogen) atoms. The van der Waals surface area contributed by atoms with Gasteiger partial charge in [0.2, 0.25) is 0 Å². The summed E-state index contributed by atoms with van der Waals surface area (Å²) in [6, 6.07) is 0.0814. The summed E-state index contributed by atoms with van der Waals surface area (Å²) in [6.45, 7) is 3.04. The molecule has 120 valence electrons. The number of ether oxygens (including phenoxy) is 1. The first kappa shape index (κ1) is 16.4.